The van der Waals surface area contributed by atoms with Gasteiger partial charge in [-0.15, -0.1) is 11.3 Å². The van der Waals surface area contributed by atoms with Crippen LogP contribution in [0, 0.1) is 11.3 Å². The maximum atomic E-state index is 13.8. The van der Waals surface area contributed by atoms with Crippen LogP contribution >= 0.6 is 11.3 Å². The van der Waals surface area contributed by atoms with E-state index in [2.05, 4.69) is 20.9 Å². The Balaban J connectivity index is 1.21. The van der Waals surface area contributed by atoms with Gasteiger partial charge in [-0.3, -0.25) is 24.0 Å². The summed E-state index contributed by atoms with van der Waals surface area (Å²) in [7, 11) is 0. The van der Waals surface area contributed by atoms with Crippen LogP contribution in [0.1, 0.15) is 61.2 Å². The normalized spacial score (nSPS) is 23.8. The molecule has 4 fully saturated rings. The fourth-order valence-corrected chi connectivity index (χ4v) is 6.65. The fraction of sp³-hybridized carbons (Fsp3) is 0.517. The van der Waals surface area contributed by atoms with Gasteiger partial charge in [0, 0.05) is 31.2 Å². The van der Waals surface area contributed by atoms with Gasteiger partial charge in [0.1, 0.15) is 6.04 Å². The molecule has 1 aromatic heterocycles. The molecular weight excluding hydrogens is 530 g/mol. The molecule has 2 saturated heterocycles. The van der Waals surface area contributed by atoms with Crippen LogP contribution in [0.2, 0.25) is 0 Å². The number of piperidine rings is 1. The van der Waals surface area contributed by atoms with Gasteiger partial charge in [0.2, 0.25) is 17.6 Å². The largest absolute Gasteiger partial charge is 0.356 e. The molecule has 40 heavy (non-hydrogen) atoms. The van der Waals surface area contributed by atoms with Crippen LogP contribution in [-0.2, 0) is 19.2 Å². The minimum atomic E-state index is -1.14. The van der Waals surface area contributed by atoms with Gasteiger partial charge in [-0.1, -0.05) is 30.3 Å². The number of amides is 4. The van der Waals surface area contributed by atoms with Crippen LogP contribution in [0.4, 0.5) is 0 Å². The summed E-state index contributed by atoms with van der Waals surface area (Å²) in [6.07, 6.45) is 7.23. The third-order valence-electron chi connectivity index (χ3n) is 8.61. The standard InChI is InChI=1S/C29H33N5O5S/c35-23(26(38)32-19-6-7-19)20(14-18-8-12-30-24(18)36)33-25(37)21-15-29(9-10-29)11-13-34(21)28(39)27-31-16-22(40-27)17-4-2-1-3-5-17/h1-5,16,18-21H,6-15H2,(H,30,36)(H,32,38)(H,33,37). The molecule has 3 unspecified atom stereocenters. The highest BCUT2D eigenvalue weighted by Gasteiger charge is 2.51. The molecule has 2 aliphatic carbocycles. The molecule has 210 valence electrons. The van der Waals surface area contributed by atoms with Crippen molar-refractivity contribution in [1.82, 2.24) is 25.8 Å². The maximum Gasteiger partial charge on any atom is 0.289 e. The number of benzene rings is 1. The topological polar surface area (TPSA) is 138 Å². The number of nitrogens with one attached hydrogen (secondary N) is 3. The summed E-state index contributed by atoms with van der Waals surface area (Å²) in [6, 6.07) is 7.75. The number of hydrogen-bond acceptors (Lipinski definition) is 7. The van der Waals surface area contributed by atoms with Crippen molar-refractivity contribution in [2.24, 2.45) is 11.3 Å². The summed E-state index contributed by atoms with van der Waals surface area (Å²) >= 11 is 1.29. The van der Waals surface area contributed by atoms with E-state index in [1.807, 2.05) is 30.3 Å². The fourth-order valence-electron chi connectivity index (χ4n) is 5.77. The first-order valence-electron chi connectivity index (χ1n) is 14.1. The first-order valence-corrected chi connectivity index (χ1v) is 14.9. The number of nitrogens with zero attached hydrogens (tertiary/aromatic N) is 2. The highest BCUT2D eigenvalue weighted by Crippen LogP contribution is 2.55. The molecular formula is C29H33N5O5S. The van der Waals surface area contributed by atoms with Gasteiger partial charge in [0.05, 0.1) is 10.9 Å². The Hall–Kier alpha value is -3.60. The van der Waals surface area contributed by atoms with Crippen molar-refractivity contribution in [3.63, 3.8) is 0 Å². The average Bonchev–Trinajstić information content (AvgIpc) is 3.84. The van der Waals surface area contributed by atoms with E-state index in [-0.39, 0.29) is 29.7 Å². The Morgan fingerprint density at radius 3 is 2.55 bits per heavy atom. The lowest BCUT2D eigenvalue weighted by molar-refractivity contribution is -0.141. The van der Waals surface area contributed by atoms with Gasteiger partial charge in [-0.25, -0.2) is 4.98 Å². The molecule has 1 spiro atoms. The van der Waals surface area contributed by atoms with Gasteiger partial charge < -0.3 is 20.9 Å². The highest BCUT2D eigenvalue weighted by atomic mass is 32.1. The Kier molecular flexibility index (Phi) is 7.16. The Bertz CT molecular complexity index is 1340. The minimum Gasteiger partial charge on any atom is -0.356 e. The maximum absolute atomic E-state index is 13.8. The molecule has 3 heterocycles. The molecule has 3 atom stereocenters. The van der Waals surface area contributed by atoms with Gasteiger partial charge in [-0.2, -0.15) is 0 Å². The third kappa shape index (κ3) is 5.65. The summed E-state index contributed by atoms with van der Waals surface area (Å²) in [5, 5.41) is 8.56. The average molecular weight is 564 g/mol. The van der Waals surface area contributed by atoms with E-state index in [0.717, 1.165) is 42.5 Å². The number of ketones is 1. The predicted molar refractivity (Wildman–Crippen MR) is 147 cm³/mol. The highest BCUT2D eigenvalue weighted by molar-refractivity contribution is 7.17. The van der Waals surface area contributed by atoms with Crippen molar-refractivity contribution in [3.05, 3.63) is 41.5 Å². The van der Waals surface area contributed by atoms with Gasteiger partial charge in [0.25, 0.3) is 11.8 Å². The van der Waals surface area contributed by atoms with E-state index in [4.69, 9.17) is 0 Å². The van der Waals surface area contributed by atoms with Crippen molar-refractivity contribution in [2.45, 2.75) is 69.5 Å². The Morgan fingerprint density at radius 1 is 1.10 bits per heavy atom. The monoisotopic (exact) mass is 563 g/mol. The third-order valence-corrected chi connectivity index (χ3v) is 9.64. The number of Topliss-reactive ketones (excluding diaryl/α,β-unsaturated/α-hetero) is 1. The summed E-state index contributed by atoms with van der Waals surface area (Å²) in [5.41, 5.74) is 0.996. The number of hydrogen-bond donors (Lipinski definition) is 3. The van der Waals surface area contributed by atoms with Crippen molar-refractivity contribution < 1.29 is 24.0 Å². The summed E-state index contributed by atoms with van der Waals surface area (Å²) in [5.74, 6) is -2.91. The van der Waals surface area contributed by atoms with Gasteiger partial charge >= 0.3 is 0 Å². The lowest BCUT2D eigenvalue weighted by Gasteiger charge is -2.39. The van der Waals surface area contributed by atoms with Crippen molar-refractivity contribution in [1.29, 1.82) is 0 Å². The van der Waals surface area contributed by atoms with Gasteiger partial charge in [0.15, 0.2) is 5.01 Å². The zero-order valence-corrected chi connectivity index (χ0v) is 23.0. The summed E-state index contributed by atoms with van der Waals surface area (Å²) in [6.45, 7) is 0.918. The lowest BCUT2D eigenvalue weighted by Crippen LogP contribution is -2.58. The summed E-state index contributed by atoms with van der Waals surface area (Å²) < 4.78 is 0. The molecule has 11 heteroatoms. The molecule has 0 bridgehead atoms. The van der Waals surface area contributed by atoms with Crippen LogP contribution in [-0.4, -0.2) is 70.5 Å². The number of carbonyl (C=O) groups is 5. The quantitative estimate of drug-likeness (QED) is 0.400. The molecule has 10 nitrogen and oxygen atoms in total. The molecule has 2 aliphatic heterocycles. The molecule has 1 aromatic carbocycles. The number of aromatic nitrogens is 1. The second-order valence-corrected chi connectivity index (χ2v) is 12.6. The number of carbonyl (C=O) groups excluding carboxylic acids is 5. The number of likely N-dealkylation sites (tertiary alicyclic amines) is 1. The van der Waals surface area contributed by atoms with Crippen molar-refractivity contribution in [2.75, 3.05) is 13.1 Å². The van der Waals surface area contributed by atoms with E-state index in [9.17, 15) is 24.0 Å². The molecule has 4 amide bonds. The van der Waals surface area contributed by atoms with Crippen LogP contribution in [0.15, 0.2) is 36.5 Å². The van der Waals surface area contributed by atoms with Crippen LogP contribution in [0.25, 0.3) is 10.4 Å². The zero-order valence-electron chi connectivity index (χ0n) is 22.2. The van der Waals surface area contributed by atoms with E-state index in [1.165, 1.54) is 11.3 Å². The van der Waals surface area contributed by atoms with Crippen LogP contribution < -0.4 is 16.0 Å². The van der Waals surface area contributed by atoms with E-state index in [1.54, 1.807) is 11.1 Å². The molecule has 2 aromatic rings. The first-order chi connectivity index (χ1) is 19.3. The van der Waals surface area contributed by atoms with Crippen LogP contribution in [0.3, 0.4) is 0 Å². The first kappa shape index (κ1) is 26.6. The second kappa shape index (κ2) is 10.8. The Labute approximate surface area is 236 Å². The number of rotatable bonds is 9. The molecule has 2 saturated carbocycles. The van der Waals surface area contributed by atoms with Crippen LogP contribution in [0.5, 0.6) is 0 Å². The predicted octanol–water partition coefficient (Wildman–Crippen LogP) is 2.05. The molecule has 0 radical (unpaired) electrons. The number of thiazole rings is 1. The smallest absolute Gasteiger partial charge is 0.289 e. The van der Waals surface area contributed by atoms with E-state index >= 15 is 0 Å². The lowest BCUT2D eigenvalue weighted by atomic mass is 9.87. The van der Waals surface area contributed by atoms with E-state index in [0.29, 0.717) is 30.9 Å². The second-order valence-electron chi connectivity index (χ2n) is 11.5. The van der Waals surface area contributed by atoms with Crippen molar-refractivity contribution >= 4 is 40.7 Å². The van der Waals surface area contributed by atoms with E-state index < -0.39 is 35.6 Å². The van der Waals surface area contributed by atoms with Gasteiger partial charge in [-0.05, 0) is 62.3 Å². The zero-order chi connectivity index (χ0) is 27.9. The molecule has 3 N–H and O–H groups in total. The molecule has 4 aliphatic rings. The summed E-state index contributed by atoms with van der Waals surface area (Å²) in [4.78, 5) is 72.4. The minimum absolute atomic E-state index is 0.0113. The van der Waals surface area contributed by atoms with Crippen molar-refractivity contribution in [3.8, 4) is 10.4 Å². The SMILES string of the molecule is O=C(NC1CC1)C(=O)C(CC1CCNC1=O)NC(=O)C1CC2(CCN1C(=O)c1ncc(-c3ccccc3)s1)CC2. The Morgan fingerprint density at radius 2 is 1.88 bits per heavy atom. The molecule has 6 rings (SSSR count).